The van der Waals surface area contributed by atoms with E-state index in [1.54, 1.807) is 41.6 Å². The standard InChI is InChI=1S/C19H15N5O2.C12H20N2O2.3C2H6.C2H2/c1-11-8-13-9-14(3-5-17(13)26-11)23-19(20)24-18(25)12-2-4-15-16(10-12)22-7-6-21-15;15-11-6-2-1-3-9-14(11)10-12(16)13-7-4-5-8-13;4*1-2/h2-10H,1H3,(H3,20,23,24,25);1-10H2;3*1-2H3;1-2H. The third-order valence-corrected chi connectivity index (χ3v) is 7.30. The number of furan rings is 1. The molecule has 4 heterocycles. The van der Waals surface area contributed by atoms with E-state index in [0.29, 0.717) is 29.7 Å². The van der Waals surface area contributed by atoms with E-state index in [2.05, 4.69) is 33.1 Å². The Hall–Kier alpha value is -5.24. The number of rotatable bonds is 4. The molecular formula is C39H55N7O4. The Morgan fingerprint density at radius 1 is 0.860 bits per heavy atom. The maximum absolute atomic E-state index is 12.4. The van der Waals surface area contributed by atoms with E-state index < -0.39 is 0 Å². The molecule has 2 fully saturated rings. The van der Waals surface area contributed by atoms with Crippen LogP contribution in [0.4, 0.5) is 5.69 Å². The van der Waals surface area contributed by atoms with Crippen LogP contribution in [0, 0.1) is 19.8 Å². The Balaban J connectivity index is 0.000000448. The van der Waals surface area contributed by atoms with Crippen molar-refractivity contribution in [2.24, 2.45) is 10.7 Å². The molecule has 0 saturated carbocycles. The highest BCUT2D eigenvalue weighted by atomic mass is 16.3. The summed E-state index contributed by atoms with van der Waals surface area (Å²) in [6.45, 7) is 16.7. The van der Waals surface area contributed by atoms with Gasteiger partial charge < -0.3 is 20.0 Å². The highest BCUT2D eigenvalue weighted by Crippen LogP contribution is 2.24. The van der Waals surface area contributed by atoms with Crippen molar-refractivity contribution in [1.29, 1.82) is 0 Å². The van der Waals surface area contributed by atoms with Crippen molar-refractivity contribution in [1.82, 2.24) is 25.1 Å². The minimum Gasteiger partial charge on any atom is -0.461 e. The number of guanidine groups is 1. The molecule has 2 aliphatic heterocycles. The fourth-order valence-corrected chi connectivity index (χ4v) is 5.13. The maximum Gasteiger partial charge on any atom is 0.258 e. The quantitative estimate of drug-likeness (QED) is 0.129. The summed E-state index contributed by atoms with van der Waals surface area (Å²) in [4.78, 5) is 52.2. The summed E-state index contributed by atoms with van der Waals surface area (Å²) in [6, 6.07) is 12.4. The molecule has 11 heteroatoms. The second-order valence-corrected chi connectivity index (χ2v) is 10.5. The zero-order valence-corrected chi connectivity index (χ0v) is 30.9. The van der Waals surface area contributed by atoms with Crippen molar-refractivity contribution >= 4 is 51.4 Å². The number of hydrogen-bond donors (Lipinski definition) is 2. The molecule has 50 heavy (non-hydrogen) atoms. The molecule has 2 saturated heterocycles. The van der Waals surface area contributed by atoms with Gasteiger partial charge in [-0.25, -0.2) is 4.99 Å². The number of carbonyl (C=O) groups is 3. The third kappa shape index (κ3) is 13.3. The Bertz CT molecular complexity index is 1670. The molecule has 2 aromatic carbocycles. The van der Waals surface area contributed by atoms with Gasteiger partial charge in [0.05, 0.1) is 23.3 Å². The summed E-state index contributed by atoms with van der Waals surface area (Å²) in [5.74, 6) is 0.757. The van der Waals surface area contributed by atoms with Gasteiger partial charge in [0.1, 0.15) is 11.3 Å². The van der Waals surface area contributed by atoms with Crippen molar-refractivity contribution in [2.75, 3.05) is 26.2 Å². The van der Waals surface area contributed by atoms with E-state index in [-0.39, 0.29) is 23.7 Å². The predicted molar refractivity (Wildman–Crippen MR) is 204 cm³/mol. The topological polar surface area (TPSA) is 147 Å². The molecule has 2 aliphatic rings. The van der Waals surface area contributed by atoms with Gasteiger partial charge in [0.15, 0.2) is 0 Å². The summed E-state index contributed by atoms with van der Waals surface area (Å²) < 4.78 is 5.52. The lowest BCUT2D eigenvalue weighted by atomic mass is 10.2. The molecule has 2 aromatic heterocycles. The molecular weight excluding hydrogens is 630 g/mol. The summed E-state index contributed by atoms with van der Waals surface area (Å²) in [5, 5.41) is 3.51. The van der Waals surface area contributed by atoms with Gasteiger partial charge in [-0.1, -0.05) is 48.0 Å². The van der Waals surface area contributed by atoms with Crippen LogP contribution in [0.25, 0.3) is 22.0 Å². The molecule has 3 N–H and O–H groups in total. The number of nitrogens with one attached hydrogen (secondary N) is 1. The smallest absolute Gasteiger partial charge is 0.258 e. The Labute approximate surface area is 297 Å². The van der Waals surface area contributed by atoms with E-state index >= 15 is 0 Å². The van der Waals surface area contributed by atoms with Crippen LogP contribution < -0.4 is 11.1 Å². The van der Waals surface area contributed by atoms with Crippen molar-refractivity contribution in [3.05, 3.63) is 66.2 Å². The number of carbonyl (C=O) groups excluding carboxylic acids is 3. The van der Waals surface area contributed by atoms with Crippen LogP contribution in [0.15, 0.2) is 64.3 Å². The molecule has 0 spiro atoms. The summed E-state index contributed by atoms with van der Waals surface area (Å²) in [5.41, 5.74) is 9.06. The van der Waals surface area contributed by atoms with Crippen molar-refractivity contribution < 1.29 is 18.8 Å². The summed E-state index contributed by atoms with van der Waals surface area (Å²) >= 11 is 0. The van der Waals surface area contributed by atoms with E-state index in [0.717, 1.165) is 74.0 Å². The number of benzene rings is 2. The number of fused-ring (bicyclic) bond motifs is 2. The average molecular weight is 686 g/mol. The van der Waals surface area contributed by atoms with Gasteiger partial charge in [-0.3, -0.25) is 29.7 Å². The number of nitrogens with zero attached hydrogens (tertiary/aromatic N) is 5. The number of nitrogens with two attached hydrogens (primary N) is 1. The second kappa shape index (κ2) is 24.0. The van der Waals surface area contributed by atoms with Gasteiger partial charge >= 0.3 is 0 Å². The normalized spacial score (nSPS) is 13.7. The predicted octanol–water partition coefficient (Wildman–Crippen LogP) is 7.40. The zero-order valence-electron chi connectivity index (χ0n) is 30.9. The molecule has 4 aromatic rings. The van der Waals surface area contributed by atoms with Crippen LogP contribution in [-0.2, 0) is 9.59 Å². The number of terminal acetylenes is 1. The zero-order chi connectivity index (χ0) is 37.5. The molecule has 0 atom stereocenters. The van der Waals surface area contributed by atoms with Crippen LogP contribution >= 0.6 is 0 Å². The molecule has 3 amide bonds. The van der Waals surface area contributed by atoms with Gasteiger partial charge in [0.2, 0.25) is 17.8 Å². The van der Waals surface area contributed by atoms with Gasteiger partial charge in [-0.2, -0.15) is 0 Å². The van der Waals surface area contributed by atoms with Crippen molar-refractivity contribution in [3.63, 3.8) is 0 Å². The number of hydrogen-bond acceptors (Lipinski definition) is 7. The molecule has 6 rings (SSSR count). The van der Waals surface area contributed by atoms with Gasteiger partial charge in [0.25, 0.3) is 5.91 Å². The van der Waals surface area contributed by atoms with E-state index in [1.807, 2.05) is 71.6 Å². The number of aliphatic imine (C=N–C) groups is 1. The molecule has 0 aliphatic carbocycles. The monoisotopic (exact) mass is 685 g/mol. The number of aromatic nitrogens is 2. The van der Waals surface area contributed by atoms with Crippen LogP contribution in [0.3, 0.4) is 0 Å². The first-order chi connectivity index (χ1) is 24.4. The molecule has 270 valence electrons. The van der Waals surface area contributed by atoms with Gasteiger partial charge in [-0.05, 0) is 75.1 Å². The largest absolute Gasteiger partial charge is 0.461 e. The molecule has 0 radical (unpaired) electrons. The van der Waals surface area contributed by atoms with Crippen molar-refractivity contribution in [3.8, 4) is 12.8 Å². The van der Waals surface area contributed by atoms with E-state index in [1.165, 1.54) is 0 Å². The molecule has 0 unspecified atom stereocenters. The fraction of sp³-hybridized carbons (Fsp3) is 0.436. The van der Waals surface area contributed by atoms with Crippen LogP contribution in [0.1, 0.15) is 96.2 Å². The fourth-order valence-electron chi connectivity index (χ4n) is 5.13. The van der Waals surface area contributed by atoms with Crippen LogP contribution in [-0.4, -0.2) is 69.6 Å². The number of amides is 3. The van der Waals surface area contributed by atoms with Gasteiger partial charge in [-0.15, -0.1) is 12.8 Å². The SMILES string of the molecule is C#C.CC.CC.CC.Cc1cc2cc(N=C(N)NC(=O)c3ccc4nccnc4c3)ccc2o1.O=C(CN1CCCCCC1=O)N1CCCC1. The number of aryl methyl sites for hydroxylation is 1. The maximum atomic E-state index is 12.4. The van der Waals surface area contributed by atoms with E-state index in [9.17, 15) is 14.4 Å². The Morgan fingerprint density at radius 2 is 1.50 bits per heavy atom. The lowest BCUT2D eigenvalue weighted by Gasteiger charge is -2.23. The highest BCUT2D eigenvalue weighted by molar-refractivity contribution is 6.07. The molecule has 0 bridgehead atoms. The first-order valence-electron chi connectivity index (χ1n) is 17.6. The summed E-state index contributed by atoms with van der Waals surface area (Å²) in [7, 11) is 0. The minimum atomic E-state index is -0.362. The summed E-state index contributed by atoms with van der Waals surface area (Å²) in [6.07, 6.45) is 17.2. The Morgan fingerprint density at radius 3 is 2.18 bits per heavy atom. The second-order valence-electron chi connectivity index (χ2n) is 10.5. The van der Waals surface area contributed by atoms with Crippen LogP contribution in [0.5, 0.6) is 0 Å². The van der Waals surface area contributed by atoms with Crippen LogP contribution in [0.2, 0.25) is 0 Å². The van der Waals surface area contributed by atoms with E-state index in [4.69, 9.17) is 10.2 Å². The van der Waals surface area contributed by atoms with Gasteiger partial charge in [0, 0.05) is 49.4 Å². The lowest BCUT2D eigenvalue weighted by Crippen LogP contribution is -2.41. The minimum absolute atomic E-state index is 0.00816. The Kier molecular flexibility index (Phi) is 20.5. The third-order valence-electron chi connectivity index (χ3n) is 7.30. The number of likely N-dealkylation sites (tertiary alicyclic amines) is 2. The lowest BCUT2D eigenvalue weighted by molar-refractivity contribution is -0.139. The first kappa shape index (κ1) is 42.8. The first-order valence-corrected chi connectivity index (χ1v) is 17.6. The average Bonchev–Trinajstić information content (AvgIpc) is 3.79. The molecule has 11 nitrogen and oxygen atoms in total. The van der Waals surface area contributed by atoms with Crippen molar-refractivity contribution in [2.45, 2.75) is 87.0 Å². The highest BCUT2D eigenvalue weighted by Gasteiger charge is 2.23.